The van der Waals surface area contributed by atoms with Gasteiger partial charge in [-0.2, -0.15) is 0 Å². The molecule has 0 aliphatic carbocycles. The van der Waals surface area contributed by atoms with Crippen LogP contribution in [0.3, 0.4) is 0 Å². The molecule has 1 aliphatic rings. The fraction of sp³-hybridized carbons (Fsp3) is 0.867. The second-order valence-corrected chi connectivity index (χ2v) is 7.11. The highest BCUT2D eigenvalue weighted by atomic mass is 16.5. The lowest BCUT2D eigenvalue weighted by molar-refractivity contribution is -0.170. The highest BCUT2D eigenvalue weighted by Gasteiger charge is 2.40. The molecule has 1 saturated heterocycles. The number of hydrogen-bond acceptors (Lipinski definition) is 3. The summed E-state index contributed by atoms with van der Waals surface area (Å²) < 4.78 is 5.95. The van der Waals surface area contributed by atoms with Crippen LogP contribution < -0.4 is 5.32 Å². The quantitative estimate of drug-likeness (QED) is 0.816. The van der Waals surface area contributed by atoms with Crippen molar-refractivity contribution in [2.75, 3.05) is 13.1 Å². The average Bonchev–Trinajstić information content (AvgIpc) is 2.23. The van der Waals surface area contributed by atoms with E-state index in [1.807, 2.05) is 34.6 Å². The molecule has 1 aliphatic heterocycles. The lowest BCUT2D eigenvalue weighted by Crippen LogP contribution is -2.61. The number of morpholine rings is 1. The van der Waals surface area contributed by atoms with Crippen LogP contribution >= 0.6 is 0 Å². The molecule has 1 atom stereocenters. The second-order valence-electron chi connectivity index (χ2n) is 7.11. The van der Waals surface area contributed by atoms with Gasteiger partial charge in [0.15, 0.2) is 0 Å². The first kappa shape index (κ1) is 17.8. The SMILES string of the molecule is CC(CCCC(=O)O)NC(=O)N1CC(C)(C)OC(C)(C)C1. The standard InChI is InChI=1S/C15H28N2O4/c1-11(7-6-8-12(18)19)16-13(20)17-9-14(2,3)21-15(4,5)10-17/h11H,6-10H2,1-5H3,(H,16,20)(H,18,19). The number of carboxylic acid groups (broad SMARTS) is 1. The molecule has 0 radical (unpaired) electrons. The molecule has 0 aromatic rings. The van der Waals surface area contributed by atoms with Gasteiger partial charge < -0.3 is 20.1 Å². The number of hydrogen-bond donors (Lipinski definition) is 2. The minimum absolute atomic E-state index is 0.0362. The van der Waals surface area contributed by atoms with Crippen molar-refractivity contribution in [2.24, 2.45) is 0 Å². The van der Waals surface area contributed by atoms with E-state index in [0.717, 1.165) is 0 Å². The van der Waals surface area contributed by atoms with Crippen LogP contribution in [0.4, 0.5) is 4.79 Å². The number of nitrogens with zero attached hydrogens (tertiary/aromatic N) is 1. The van der Waals surface area contributed by atoms with E-state index in [2.05, 4.69) is 5.32 Å². The van der Waals surface area contributed by atoms with Crippen molar-refractivity contribution in [1.29, 1.82) is 0 Å². The summed E-state index contributed by atoms with van der Waals surface area (Å²) in [5.74, 6) is -0.801. The van der Waals surface area contributed by atoms with Crippen LogP contribution in [-0.2, 0) is 9.53 Å². The Morgan fingerprint density at radius 3 is 2.24 bits per heavy atom. The maximum atomic E-state index is 12.3. The molecular formula is C15H28N2O4. The van der Waals surface area contributed by atoms with Gasteiger partial charge >= 0.3 is 12.0 Å². The summed E-state index contributed by atoms with van der Waals surface area (Å²) in [5.41, 5.74) is -0.739. The fourth-order valence-corrected chi connectivity index (χ4v) is 2.87. The highest BCUT2D eigenvalue weighted by molar-refractivity contribution is 5.74. The van der Waals surface area contributed by atoms with E-state index >= 15 is 0 Å². The van der Waals surface area contributed by atoms with Gasteiger partial charge in [0.1, 0.15) is 0 Å². The summed E-state index contributed by atoms with van der Waals surface area (Å²) in [6.45, 7) is 10.9. The van der Waals surface area contributed by atoms with E-state index in [-0.39, 0.29) is 29.7 Å². The second kappa shape index (κ2) is 6.64. The van der Waals surface area contributed by atoms with Gasteiger partial charge in [0, 0.05) is 12.5 Å². The van der Waals surface area contributed by atoms with E-state index < -0.39 is 5.97 Å². The Balaban J connectivity index is 2.49. The smallest absolute Gasteiger partial charge is 0.317 e. The molecule has 1 heterocycles. The lowest BCUT2D eigenvalue weighted by atomic mass is 9.99. The molecule has 6 nitrogen and oxygen atoms in total. The molecule has 1 unspecified atom stereocenters. The van der Waals surface area contributed by atoms with E-state index in [4.69, 9.17) is 9.84 Å². The number of amides is 2. The van der Waals surface area contributed by atoms with Gasteiger partial charge in [0.2, 0.25) is 0 Å². The molecule has 2 amide bonds. The minimum Gasteiger partial charge on any atom is -0.481 e. The summed E-state index contributed by atoms with van der Waals surface area (Å²) in [4.78, 5) is 24.6. The third-order valence-electron chi connectivity index (χ3n) is 3.38. The fourth-order valence-electron chi connectivity index (χ4n) is 2.87. The van der Waals surface area contributed by atoms with Crippen LogP contribution in [0.1, 0.15) is 53.9 Å². The van der Waals surface area contributed by atoms with Gasteiger partial charge in [-0.1, -0.05) is 0 Å². The highest BCUT2D eigenvalue weighted by Crippen LogP contribution is 2.28. The molecule has 122 valence electrons. The first-order valence-corrected chi connectivity index (χ1v) is 7.48. The molecule has 21 heavy (non-hydrogen) atoms. The molecule has 0 aromatic carbocycles. The Labute approximate surface area is 126 Å². The largest absolute Gasteiger partial charge is 0.481 e. The molecular weight excluding hydrogens is 272 g/mol. The summed E-state index contributed by atoms with van der Waals surface area (Å²) in [6, 6.07) is -0.145. The van der Waals surface area contributed by atoms with Crippen molar-refractivity contribution >= 4 is 12.0 Å². The maximum absolute atomic E-state index is 12.3. The normalized spacial score (nSPS) is 21.7. The maximum Gasteiger partial charge on any atom is 0.317 e. The van der Waals surface area contributed by atoms with Crippen LogP contribution in [0.5, 0.6) is 0 Å². The van der Waals surface area contributed by atoms with Gasteiger partial charge in [0.25, 0.3) is 0 Å². The number of ether oxygens (including phenoxy) is 1. The van der Waals surface area contributed by atoms with Crippen LogP contribution in [0.2, 0.25) is 0 Å². The van der Waals surface area contributed by atoms with E-state index in [0.29, 0.717) is 25.9 Å². The molecule has 1 rings (SSSR count). The number of aliphatic carboxylic acids is 1. The van der Waals surface area contributed by atoms with Crippen LogP contribution in [0.15, 0.2) is 0 Å². The number of urea groups is 1. The number of carboxylic acids is 1. The Kier molecular flexibility index (Phi) is 5.61. The van der Waals surface area contributed by atoms with E-state index in [1.165, 1.54) is 0 Å². The summed E-state index contributed by atoms with van der Waals surface area (Å²) in [6.07, 6.45) is 1.36. The Morgan fingerprint density at radius 1 is 1.24 bits per heavy atom. The number of nitrogens with one attached hydrogen (secondary N) is 1. The molecule has 0 aromatic heterocycles. The Morgan fingerprint density at radius 2 is 1.76 bits per heavy atom. The first-order valence-electron chi connectivity index (χ1n) is 7.48. The minimum atomic E-state index is -0.801. The lowest BCUT2D eigenvalue weighted by Gasteiger charge is -2.47. The Bertz CT molecular complexity index is 377. The van der Waals surface area contributed by atoms with Crippen molar-refractivity contribution in [1.82, 2.24) is 10.2 Å². The van der Waals surface area contributed by atoms with Gasteiger partial charge in [-0.3, -0.25) is 4.79 Å². The van der Waals surface area contributed by atoms with Crippen LogP contribution in [-0.4, -0.2) is 52.3 Å². The summed E-state index contributed by atoms with van der Waals surface area (Å²) >= 11 is 0. The van der Waals surface area contributed by atoms with Crippen molar-refractivity contribution in [2.45, 2.75) is 71.1 Å². The first-order chi connectivity index (χ1) is 9.51. The zero-order valence-corrected chi connectivity index (χ0v) is 13.7. The van der Waals surface area contributed by atoms with Crippen molar-refractivity contribution in [3.63, 3.8) is 0 Å². The predicted molar refractivity (Wildman–Crippen MR) is 80.3 cm³/mol. The molecule has 0 spiro atoms. The predicted octanol–water partition coefficient (Wildman–Crippen LogP) is 2.23. The van der Waals surface area contributed by atoms with Crippen LogP contribution in [0.25, 0.3) is 0 Å². The van der Waals surface area contributed by atoms with Crippen molar-refractivity contribution < 1.29 is 19.4 Å². The van der Waals surface area contributed by atoms with Gasteiger partial charge in [-0.15, -0.1) is 0 Å². The number of rotatable bonds is 5. The van der Waals surface area contributed by atoms with Gasteiger partial charge in [-0.25, -0.2) is 4.79 Å². The van der Waals surface area contributed by atoms with E-state index in [1.54, 1.807) is 4.90 Å². The zero-order valence-electron chi connectivity index (χ0n) is 13.7. The van der Waals surface area contributed by atoms with Crippen LogP contribution in [0, 0.1) is 0 Å². The van der Waals surface area contributed by atoms with Crippen molar-refractivity contribution in [3.05, 3.63) is 0 Å². The monoisotopic (exact) mass is 300 g/mol. The summed E-state index contributed by atoms with van der Waals surface area (Å²) in [7, 11) is 0. The third-order valence-corrected chi connectivity index (χ3v) is 3.38. The summed E-state index contributed by atoms with van der Waals surface area (Å²) in [5, 5.41) is 11.6. The molecule has 0 saturated carbocycles. The zero-order chi connectivity index (χ0) is 16.3. The molecule has 1 fully saturated rings. The topological polar surface area (TPSA) is 78.9 Å². The average molecular weight is 300 g/mol. The van der Waals surface area contributed by atoms with E-state index in [9.17, 15) is 9.59 Å². The van der Waals surface area contributed by atoms with Gasteiger partial charge in [-0.05, 0) is 47.5 Å². The molecule has 0 bridgehead atoms. The van der Waals surface area contributed by atoms with Crippen molar-refractivity contribution in [3.8, 4) is 0 Å². The van der Waals surface area contributed by atoms with Gasteiger partial charge in [0.05, 0.1) is 24.3 Å². The number of carbonyl (C=O) groups excluding carboxylic acids is 1. The third kappa shape index (κ3) is 6.33. The Hall–Kier alpha value is -1.30. The molecule has 6 heteroatoms. The molecule has 2 N–H and O–H groups in total. The number of carbonyl (C=O) groups is 2.